The Labute approximate surface area is 163 Å². The number of piperidine rings is 2. The third-order valence-electron chi connectivity index (χ3n) is 6.74. The number of likely N-dealkylation sites (tertiary alicyclic amines) is 3. The molecule has 0 unspecified atom stereocenters. The van der Waals surface area contributed by atoms with Gasteiger partial charge in [0.1, 0.15) is 11.5 Å². The van der Waals surface area contributed by atoms with Gasteiger partial charge in [-0.2, -0.15) is 0 Å². The lowest BCUT2D eigenvalue weighted by molar-refractivity contribution is -0.136. The van der Waals surface area contributed by atoms with Gasteiger partial charge in [-0.25, -0.2) is 0 Å². The SMILES string of the molecule is CCc1ccc(CN2CCC(N3CCC[C@@H](C(=O)N4CCCC4)C3)CC2)o1. The van der Waals surface area contributed by atoms with E-state index in [9.17, 15) is 4.79 Å². The minimum atomic E-state index is 0.241. The highest BCUT2D eigenvalue weighted by molar-refractivity contribution is 5.79. The summed E-state index contributed by atoms with van der Waals surface area (Å²) in [6.07, 6.45) is 8.04. The monoisotopic (exact) mass is 373 g/mol. The van der Waals surface area contributed by atoms with Crippen molar-refractivity contribution in [2.24, 2.45) is 5.92 Å². The third-order valence-corrected chi connectivity index (χ3v) is 6.74. The topological polar surface area (TPSA) is 39.9 Å². The van der Waals surface area contributed by atoms with Crippen LogP contribution in [0.2, 0.25) is 0 Å². The Morgan fingerprint density at radius 3 is 2.44 bits per heavy atom. The van der Waals surface area contributed by atoms with Crippen molar-refractivity contribution in [1.29, 1.82) is 0 Å². The van der Waals surface area contributed by atoms with Crippen LogP contribution in [0, 0.1) is 5.92 Å². The lowest BCUT2D eigenvalue weighted by Crippen LogP contribution is -2.50. The van der Waals surface area contributed by atoms with Crippen LogP contribution < -0.4 is 0 Å². The van der Waals surface area contributed by atoms with Crippen molar-refractivity contribution in [2.45, 2.75) is 64.5 Å². The predicted molar refractivity (Wildman–Crippen MR) is 106 cm³/mol. The van der Waals surface area contributed by atoms with E-state index in [0.29, 0.717) is 11.9 Å². The number of carbonyl (C=O) groups excluding carboxylic acids is 1. The second-order valence-corrected chi connectivity index (χ2v) is 8.60. The number of hydrogen-bond acceptors (Lipinski definition) is 4. The average molecular weight is 374 g/mol. The van der Waals surface area contributed by atoms with Crippen LogP contribution in [-0.2, 0) is 17.8 Å². The molecular formula is C22H35N3O2. The molecule has 0 spiro atoms. The molecule has 27 heavy (non-hydrogen) atoms. The molecule has 1 aromatic rings. The van der Waals surface area contributed by atoms with Crippen LogP contribution in [0.3, 0.4) is 0 Å². The van der Waals surface area contributed by atoms with Gasteiger partial charge in [-0.15, -0.1) is 0 Å². The first-order chi connectivity index (χ1) is 13.2. The molecule has 3 aliphatic rings. The van der Waals surface area contributed by atoms with Gasteiger partial charge in [0.2, 0.25) is 5.91 Å². The Kier molecular flexibility index (Phi) is 6.18. The van der Waals surface area contributed by atoms with Gasteiger partial charge in [0.05, 0.1) is 12.5 Å². The molecule has 0 bridgehead atoms. The Morgan fingerprint density at radius 1 is 1.00 bits per heavy atom. The molecule has 1 atom stereocenters. The van der Waals surface area contributed by atoms with E-state index in [4.69, 9.17) is 4.42 Å². The summed E-state index contributed by atoms with van der Waals surface area (Å²) in [5, 5.41) is 0. The van der Waals surface area contributed by atoms with E-state index in [1.807, 2.05) is 0 Å². The molecule has 0 aliphatic carbocycles. The average Bonchev–Trinajstić information content (AvgIpc) is 3.40. The van der Waals surface area contributed by atoms with Crippen molar-refractivity contribution < 1.29 is 9.21 Å². The van der Waals surface area contributed by atoms with E-state index < -0.39 is 0 Å². The van der Waals surface area contributed by atoms with Crippen LogP contribution in [0.4, 0.5) is 0 Å². The first-order valence-corrected chi connectivity index (χ1v) is 11.1. The maximum Gasteiger partial charge on any atom is 0.226 e. The molecule has 0 saturated carbocycles. The Bertz CT molecular complexity index is 615. The van der Waals surface area contributed by atoms with E-state index in [0.717, 1.165) is 63.6 Å². The number of carbonyl (C=O) groups is 1. The zero-order valence-corrected chi connectivity index (χ0v) is 16.9. The summed E-state index contributed by atoms with van der Waals surface area (Å²) < 4.78 is 5.87. The smallest absolute Gasteiger partial charge is 0.226 e. The van der Waals surface area contributed by atoms with Gasteiger partial charge < -0.3 is 9.32 Å². The number of amides is 1. The zero-order chi connectivity index (χ0) is 18.6. The second kappa shape index (κ2) is 8.78. The van der Waals surface area contributed by atoms with Gasteiger partial charge >= 0.3 is 0 Å². The van der Waals surface area contributed by atoms with E-state index >= 15 is 0 Å². The third kappa shape index (κ3) is 4.57. The molecule has 3 aliphatic heterocycles. The first kappa shape index (κ1) is 19.0. The van der Waals surface area contributed by atoms with Gasteiger partial charge in [-0.05, 0) is 57.2 Å². The summed E-state index contributed by atoms with van der Waals surface area (Å²) in [5.41, 5.74) is 0. The number of hydrogen-bond donors (Lipinski definition) is 0. The molecule has 0 radical (unpaired) electrons. The fourth-order valence-electron chi connectivity index (χ4n) is 5.10. The maximum atomic E-state index is 12.8. The minimum Gasteiger partial charge on any atom is -0.465 e. The minimum absolute atomic E-state index is 0.241. The highest BCUT2D eigenvalue weighted by Crippen LogP contribution is 2.26. The maximum absolute atomic E-state index is 12.8. The first-order valence-electron chi connectivity index (χ1n) is 11.1. The number of furan rings is 1. The largest absolute Gasteiger partial charge is 0.465 e. The van der Waals surface area contributed by atoms with E-state index in [1.165, 1.54) is 38.6 Å². The summed E-state index contributed by atoms with van der Waals surface area (Å²) in [4.78, 5) is 20.1. The Morgan fingerprint density at radius 2 is 1.74 bits per heavy atom. The standard InChI is InChI=1S/C22H35N3O2/c1-2-20-7-8-21(27-20)17-23-14-9-19(10-15-23)25-13-5-6-18(16-25)22(26)24-11-3-4-12-24/h7-8,18-19H,2-6,9-17H2,1H3/t18-/m1/s1. The van der Waals surface area contributed by atoms with Crippen LogP contribution in [0.1, 0.15) is 57.0 Å². The molecule has 4 heterocycles. The van der Waals surface area contributed by atoms with Gasteiger partial charge in [0, 0.05) is 45.2 Å². The zero-order valence-electron chi connectivity index (χ0n) is 16.9. The predicted octanol–water partition coefficient (Wildman–Crippen LogP) is 3.14. The van der Waals surface area contributed by atoms with E-state index in [-0.39, 0.29) is 5.92 Å². The van der Waals surface area contributed by atoms with Crippen LogP contribution >= 0.6 is 0 Å². The molecule has 5 nitrogen and oxygen atoms in total. The molecule has 1 aromatic heterocycles. The molecule has 1 amide bonds. The lowest BCUT2D eigenvalue weighted by Gasteiger charge is -2.42. The van der Waals surface area contributed by atoms with E-state index in [2.05, 4.69) is 33.8 Å². The molecule has 5 heteroatoms. The normalized spacial score (nSPS) is 26.0. The number of aryl methyl sites for hydroxylation is 1. The van der Waals surface area contributed by atoms with Crippen molar-refractivity contribution in [2.75, 3.05) is 39.3 Å². The van der Waals surface area contributed by atoms with Crippen LogP contribution in [0.15, 0.2) is 16.5 Å². The number of rotatable bonds is 5. The summed E-state index contributed by atoms with van der Waals surface area (Å²) in [6.45, 7) is 9.46. The summed E-state index contributed by atoms with van der Waals surface area (Å²) in [7, 11) is 0. The fourth-order valence-corrected chi connectivity index (χ4v) is 5.10. The fraction of sp³-hybridized carbons (Fsp3) is 0.773. The van der Waals surface area contributed by atoms with Crippen LogP contribution in [0.5, 0.6) is 0 Å². The summed E-state index contributed by atoms with van der Waals surface area (Å²) in [6, 6.07) is 4.88. The Balaban J connectivity index is 1.25. The lowest BCUT2D eigenvalue weighted by atomic mass is 9.93. The summed E-state index contributed by atoms with van der Waals surface area (Å²) in [5.74, 6) is 2.85. The van der Waals surface area contributed by atoms with Crippen molar-refractivity contribution in [3.05, 3.63) is 23.7 Å². The van der Waals surface area contributed by atoms with Gasteiger partial charge in [0.15, 0.2) is 0 Å². The van der Waals surface area contributed by atoms with Crippen molar-refractivity contribution in [3.63, 3.8) is 0 Å². The molecular weight excluding hydrogens is 338 g/mol. The van der Waals surface area contributed by atoms with Gasteiger partial charge in [-0.1, -0.05) is 6.92 Å². The molecule has 0 N–H and O–H groups in total. The van der Waals surface area contributed by atoms with Crippen molar-refractivity contribution in [1.82, 2.24) is 14.7 Å². The molecule has 150 valence electrons. The summed E-state index contributed by atoms with van der Waals surface area (Å²) >= 11 is 0. The molecule has 4 rings (SSSR count). The highest BCUT2D eigenvalue weighted by Gasteiger charge is 2.34. The molecule has 3 fully saturated rings. The van der Waals surface area contributed by atoms with Crippen LogP contribution in [0.25, 0.3) is 0 Å². The quantitative estimate of drug-likeness (QED) is 0.795. The number of nitrogens with zero attached hydrogens (tertiary/aromatic N) is 3. The Hall–Kier alpha value is -1.33. The van der Waals surface area contributed by atoms with Crippen molar-refractivity contribution in [3.8, 4) is 0 Å². The van der Waals surface area contributed by atoms with Crippen molar-refractivity contribution >= 4 is 5.91 Å². The van der Waals surface area contributed by atoms with E-state index in [1.54, 1.807) is 0 Å². The van der Waals surface area contributed by atoms with Crippen LogP contribution in [-0.4, -0.2) is 65.9 Å². The molecule has 0 aromatic carbocycles. The van der Waals surface area contributed by atoms with Gasteiger partial charge in [-0.3, -0.25) is 14.6 Å². The molecule has 3 saturated heterocycles. The highest BCUT2D eigenvalue weighted by atomic mass is 16.3. The second-order valence-electron chi connectivity index (χ2n) is 8.60. The van der Waals surface area contributed by atoms with Gasteiger partial charge in [0.25, 0.3) is 0 Å².